The zero-order valence-corrected chi connectivity index (χ0v) is 12.0. The first-order valence-corrected chi connectivity index (χ1v) is 6.45. The predicted octanol–water partition coefficient (Wildman–Crippen LogP) is 3.30. The Morgan fingerprint density at radius 1 is 1.29 bits per heavy atom. The van der Waals surface area contributed by atoms with Gasteiger partial charge in [-0.05, 0) is 12.1 Å². The van der Waals surface area contributed by atoms with Crippen LogP contribution in [0.2, 0.25) is 10.0 Å². The average Bonchev–Trinajstić information content (AvgIpc) is 2.38. The minimum atomic E-state index is -2.62. The third-order valence-corrected chi connectivity index (χ3v) is 2.93. The van der Waals surface area contributed by atoms with Gasteiger partial charge in [0.25, 0.3) is 6.43 Å². The number of carbonyl (C=O) groups excluding carboxylic acids is 1. The van der Waals surface area contributed by atoms with Crippen LogP contribution in [0, 0.1) is 0 Å². The lowest BCUT2D eigenvalue weighted by molar-refractivity contribution is -0.117. The molecule has 0 saturated heterocycles. The van der Waals surface area contributed by atoms with Crippen molar-refractivity contribution >= 4 is 40.8 Å². The summed E-state index contributed by atoms with van der Waals surface area (Å²) in [4.78, 5) is 22.7. The second kappa shape index (κ2) is 8.11. The molecule has 21 heavy (non-hydrogen) atoms. The van der Waals surface area contributed by atoms with E-state index < -0.39 is 24.9 Å². The summed E-state index contributed by atoms with van der Waals surface area (Å²) in [5.74, 6) is -1.98. The maximum absolute atomic E-state index is 11.8. The van der Waals surface area contributed by atoms with Gasteiger partial charge in [-0.2, -0.15) is 0 Å². The minimum Gasteiger partial charge on any atom is -0.478 e. The number of amides is 1. The number of nitrogens with one attached hydrogen (secondary N) is 1. The molecule has 0 saturated carbocycles. The Balaban J connectivity index is 2.72. The second-order valence-electron chi connectivity index (χ2n) is 3.85. The number of rotatable bonds is 7. The molecule has 0 heterocycles. The molecule has 0 spiro atoms. The van der Waals surface area contributed by atoms with E-state index in [1.165, 1.54) is 12.1 Å². The lowest BCUT2D eigenvalue weighted by Gasteiger charge is -2.12. The highest BCUT2D eigenvalue weighted by Gasteiger charge is 2.19. The number of halogens is 4. The third kappa shape index (κ3) is 5.45. The maximum atomic E-state index is 11.8. The summed E-state index contributed by atoms with van der Waals surface area (Å²) in [6.07, 6.45) is -2.84. The third-order valence-electron chi connectivity index (χ3n) is 2.30. The summed E-state index contributed by atoms with van der Waals surface area (Å²) in [7, 11) is 0. The van der Waals surface area contributed by atoms with Crippen LogP contribution >= 0.6 is 23.2 Å². The summed E-state index contributed by atoms with van der Waals surface area (Å²) in [6, 6.07) is 2.62. The molecular formula is C12H11Cl2F2NO4. The predicted molar refractivity (Wildman–Crippen MR) is 73.5 cm³/mol. The molecule has 116 valence electrons. The van der Waals surface area contributed by atoms with E-state index in [1.807, 2.05) is 0 Å². The van der Waals surface area contributed by atoms with Gasteiger partial charge in [-0.15, -0.1) is 0 Å². The van der Waals surface area contributed by atoms with E-state index in [2.05, 4.69) is 10.1 Å². The fourth-order valence-electron chi connectivity index (χ4n) is 1.42. The van der Waals surface area contributed by atoms with Crippen LogP contribution in [0.3, 0.4) is 0 Å². The van der Waals surface area contributed by atoms with Gasteiger partial charge in [0, 0.05) is 0 Å². The zero-order chi connectivity index (χ0) is 16.0. The quantitative estimate of drug-likeness (QED) is 0.746. The Morgan fingerprint density at radius 3 is 2.48 bits per heavy atom. The molecule has 0 aliphatic rings. The van der Waals surface area contributed by atoms with E-state index in [0.717, 1.165) is 0 Å². The molecule has 0 aliphatic carbocycles. The Bertz CT molecular complexity index is 540. The molecular weight excluding hydrogens is 331 g/mol. The second-order valence-corrected chi connectivity index (χ2v) is 4.66. The Kier molecular flexibility index (Phi) is 6.80. The molecule has 1 rings (SSSR count). The van der Waals surface area contributed by atoms with Crippen LogP contribution in [0.15, 0.2) is 12.1 Å². The monoisotopic (exact) mass is 341 g/mol. The number of ether oxygens (including phenoxy) is 1. The first-order valence-electron chi connectivity index (χ1n) is 5.70. The van der Waals surface area contributed by atoms with Gasteiger partial charge in [0.1, 0.15) is 12.2 Å². The van der Waals surface area contributed by atoms with Crippen molar-refractivity contribution in [1.82, 2.24) is 0 Å². The van der Waals surface area contributed by atoms with Crippen molar-refractivity contribution in [2.75, 3.05) is 18.5 Å². The summed E-state index contributed by atoms with van der Waals surface area (Å²) in [5, 5.41) is 11.3. The molecule has 0 aromatic heterocycles. The zero-order valence-electron chi connectivity index (χ0n) is 10.5. The fourth-order valence-corrected chi connectivity index (χ4v) is 1.87. The van der Waals surface area contributed by atoms with Crippen molar-refractivity contribution in [3.8, 4) is 0 Å². The van der Waals surface area contributed by atoms with Crippen LogP contribution < -0.4 is 5.32 Å². The van der Waals surface area contributed by atoms with Gasteiger partial charge in [0.05, 0.1) is 28.8 Å². The van der Waals surface area contributed by atoms with Crippen LogP contribution in [0.5, 0.6) is 0 Å². The molecule has 0 unspecified atom stereocenters. The molecule has 1 aromatic carbocycles. The van der Waals surface area contributed by atoms with E-state index >= 15 is 0 Å². The molecule has 2 N–H and O–H groups in total. The molecule has 1 amide bonds. The average molecular weight is 342 g/mol. The molecule has 9 heteroatoms. The fraction of sp³-hybridized carbons (Fsp3) is 0.333. The summed E-state index contributed by atoms with van der Waals surface area (Å²) in [6.45, 7) is -0.998. The number of alkyl halides is 2. The normalized spacial score (nSPS) is 10.7. The van der Waals surface area contributed by atoms with Crippen LogP contribution in [0.1, 0.15) is 16.8 Å². The molecule has 0 fully saturated rings. The first-order chi connectivity index (χ1) is 9.82. The van der Waals surface area contributed by atoms with E-state index in [9.17, 15) is 18.4 Å². The molecule has 0 aliphatic heterocycles. The number of benzene rings is 1. The molecule has 0 radical (unpaired) electrons. The molecule has 1 aromatic rings. The lowest BCUT2D eigenvalue weighted by atomic mass is 10.1. The highest BCUT2D eigenvalue weighted by atomic mass is 35.5. The van der Waals surface area contributed by atoms with Gasteiger partial charge >= 0.3 is 5.97 Å². The largest absolute Gasteiger partial charge is 0.478 e. The van der Waals surface area contributed by atoms with Crippen LogP contribution in [-0.2, 0) is 9.53 Å². The van der Waals surface area contributed by atoms with Gasteiger partial charge in [-0.1, -0.05) is 23.2 Å². The molecule has 0 bridgehead atoms. The number of carboxylic acid groups (broad SMARTS) is 1. The van der Waals surface area contributed by atoms with Gasteiger partial charge in [0.15, 0.2) is 0 Å². The van der Waals surface area contributed by atoms with Gasteiger partial charge in [0.2, 0.25) is 5.91 Å². The van der Waals surface area contributed by atoms with Gasteiger partial charge < -0.3 is 15.2 Å². The number of aromatic carboxylic acids is 1. The lowest BCUT2D eigenvalue weighted by Crippen LogP contribution is -2.18. The number of hydrogen-bond donors (Lipinski definition) is 2. The van der Waals surface area contributed by atoms with Gasteiger partial charge in [-0.25, -0.2) is 13.6 Å². The van der Waals surface area contributed by atoms with Gasteiger partial charge in [-0.3, -0.25) is 4.79 Å². The Hall–Kier alpha value is -1.44. The van der Waals surface area contributed by atoms with Crippen molar-refractivity contribution in [1.29, 1.82) is 0 Å². The number of hydrogen-bond acceptors (Lipinski definition) is 3. The van der Waals surface area contributed by atoms with Crippen molar-refractivity contribution in [2.45, 2.75) is 12.8 Å². The van der Waals surface area contributed by atoms with Crippen molar-refractivity contribution < 1.29 is 28.2 Å². The summed E-state index contributed by atoms with van der Waals surface area (Å²) < 4.78 is 28.2. The number of carboxylic acids is 1. The Morgan fingerprint density at radius 2 is 1.90 bits per heavy atom. The molecule has 0 atom stereocenters. The topological polar surface area (TPSA) is 75.6 Å². The van der Waals surface area contributed by atoms with Crippen molar-refractivity contribution in [3.63, 3.8) is 0 Å². The van der Waals surface area contributed by atoms with E-state index in [-0.39, 0.29) is 34.3 Å². The van der Waals surface area contributed by atoms with Crippen LogP contribution in [0.4, 0.5) is 14.5 Å². The van der Waals surface area contributed by atoms with Crippen LogP contribution in [0.25, 0.3) is 0 Å². The standard InChI is InChI=1S/C12H11Cl2F2NO4/c13-6-1-2-7(14)11(10(6)12(19)20)17-9(18)3-4-21-5-8(15)16/h1-2,8H,3-5H2,(H,17,18)(H,19,20). The van der Waals surface area contributed by atoms with E-state index in [1.54, 1.807) is 0 Å². The highest BCUT2D eigenvalue weighted by molar-refractivity contribution is 6.38. The summed E-state index contributed by atoms with van der Waals surface area (Å²) >= 11 is 11.6. The highest BCUT2D eigenvalue weighted by Crippen LogP contribution is 2.32. The maximum Gasteiger partial charge on any atom is 0.339 e. The van der Waals surface area contributed by atoms with E-state index in [0.29, 0.717) is 0 Å². The van der Waals surface area contributed by atoms with Crippen molar-refractivity contribution in [3.05, 3.63) is 27.7 Å². The first kappa shape index (κ1) is 17.6. The Labute approximate surface area is 128 Å². The van der Waals surface area contributed by atoms with E-state index in [4.69, 9.17) is 28.3 Å². The smallest absolute Gasteiger partial charge is 0.339 e. The van der Waals surface area contributed by atoms with Crippen molar-refractivity contribution in [2.24, 2.45) is 0 Å². The number of anilines is 1. The minimum absolute atomic E-state index is 0.00125. The molecule has 5 nitrogen and oxygen atoms in total. The number of carbonyl (C=O) groups is 2. The van der Waals surface area contributed by atoms with Crippen LogP contribution in [-0.4, -0.2) is 36.6 Å². The summed E-state index contributed by atoms with van der Waals surface area (Å²) in [5.41, 5.74) is -0.485. The SMILES string of the molecule is O=C(CCOCC(F)F)Nc1c(Cl)ccc(Cl)c1C(=O)O.